The summed E-state index contributed by atoms with van der Waals surface area (Å²) in [5.41, 5.74) is 1.45. The van der Waals surface area contributed by atoms with Crippen molar-refractivity contribution in [3.8, 4) is 0 Å². The van der Waals surface area contributed by atoms with Crippen LogP contribution >= 0.6 is 0 Å². The summed E-state index contributed by atoms with van der Waals surface area (Å²) >= 11 is 0. The van der Waals surface area contributed by atoms with Crippen LogP contribution in [0.15, 0.2) is 17.0 Å². The summed E-state index contributed by atoms with van der Waals surface area (Å²) in [6, 6.07) is 3.17. The lowest BCUT2D eigenvalue weighted by atomic mass is 9.81. The standard InChI is InChI=1S/C18H30N2O3S/c1-12-9-14(10-15(13(12)2)24(22,23)19-8)16(21)20-18(6,7)11-17(3,4)5/h9-10,19H,11H2,1-8H3,(H,20,21). The topological polar surface area (TPSA) is 75.3 Å². The molecule has 0 aromatic heterocycles. The Balaban J connectivity index is 3.22. The first-order chi connectivity index (χ1) is 10.7. The van der Waals surface area contributed by atoms with E-state index in [0.717, 1.165) is 12.0 Å². The molecule has 0 aliphatic rings. The van der Waals surface area contributed by atoms with Crippen LogP contribution in [0.2, 0.25) is 0 Å². The summed E-state index contributed by atoms with van der Waals surface area (Å²) in [5.74, 6) is -0.264. The molecule has 136 valence electrons. The minimum Gasteiger partial charge on any atom is -0.347 e. The van der Waals surface area contributed by atoms with Gasteiger partial charge in [-0.25, -0.2) is 13.1 Å². The predicted octanol–water partition coefficient (Wildman–Crippen LogP) is 3.16. The Morgan fingerprint density at radius 1 is 1.08 bits per heavy atom. The van der Waals surface area contributed by atoms with Crippen LogP contribution in [0.4, 0.5) is 0 Å². The maximum Gasteiger partial charge on any atom is 0.251 e. The molecule has 24 heavy (non-hydrogen) atoms. The van der Waals surface area contributed by atoms with Gasteiger partial charge in [0.05, 0.1) is 4.90 Å². The molecule has 0 unspecified atom stereocenters. The lowest BCUT2D eigenvalue weighted by molar-refractivity contribution is 0.0891. The Kier molecular flexibility index (Phi) is 5.89. The second-order valence-electron chi connectivity index (χ2n) is 8.20. The molecule has 1 aromatic carbocycles. The zero-order valence-electron chi connectivity index (χ0n) is 16.0. The molecule has 0 spiro atoms. The van der Waals surface area contributed by atoms with Crippen molar-refractivity contribution in [2.24, 2.45) is 5.41 Å². The highest BCUT2D eigenvalue weighted by atomic mass is 32.2. The molecular weight excluding hydrogens is 324 g/mol. The molecule has 0 atom stereocenters. The van der Waals surface area contributed by atoms with Gasteiger partial charge in [0.15, 0.2) is 0 Å². The van der Waals surface area contributed by atoms with Crippen molar-refractivity contribution >= 4 is 15.9 Å². The number of carbonyl (C=O) groups is 1. The Bertz CT molecular complexity index is 729. The minimum atomic E-state index is -3.61. The van der Waals surface area contributed by atoms with Crippen LogP contribution < -0.4 is 10.0 Å². The molecule has 0 fully saturated rings. The fraction of sp³-hybridized carbons (Fsp3) is 0.611. The van der Waals surface area contributed by atoms with E-state index >= 15 is 0 Å². The summed E-state index contributed by atoms with van der Waals surface area (Å²) in [6.07, 6.45) is 0.804. The minimum absolute atomic E-state index is 0.0700. The van der Waals surface area contributed by atoms with Crippen molar-refractivity contribution in [1.29, 1.82) is 0 Å². The summed E-state index contributed by atoms with van der Waals surface area (Å²) < 4.78 is 26.7. The van der Waals surface area contributed by atoms with E-state index in [1.807, 2.05) is 13.8 Å². The molecule has 1 amide bonds. The van der Waals surface area contributed by atoms with Gasteiger partial charge in [-0.15, -0.1) is 0 Å². The molecule has 2 N–H and O–H groups in total. The number of rotatable bonds is 5. The van der Waals surface area contributed by atoms with E-state index in [1.165, 1.54) is 13.1 Å². The number of nitrogens with one attached hydrogen (secondary N) is 2. The summed E-state index contributed by atoms with van der Waals surface area (Å²) in [5, 5.41) is 3.02. The van der Waals surface area contributed by atoms with Gasteiger partial charge in [-0.1, -0.05) is 20.8 Å². The summed E-state index contributed by atoms with van der Waals surface area (Å²) in [7, 11) is -2.25. The van der Waals surface area contributed by atoms with Gasteiger partial charge in [-0.2, -0.15) is 0 Å². The molecule has 0 bridgehead atoms. The first-order valence-corrected chi connectivity index (χ1v) is 9.54. The van der Waals surface area contributed by atoms with Gasteiger partial charge in [0, 0.05) is 11.1 Å². The number of hydrogen-bond donors (Lipinski definition) is 2. The highest BCUT2D eigenvalue weighted by Gasteiger charge is 2.28. The van der Waals surface area contributed by atoms with Crippen molar-refractivity contribution in [2.75, 3.05) is 7.05 Å². The Hall–Kier alpha value is -1.40. The smallest absolute Gasteiger partial charge is 0.251 e. The van der Waals surface area contributed by atoms with Crippen molar-refractivity contribution in [3.63, 3.8) is 0 Å². The largest absolute Gasteiger partial charge is 0.347 e. The molecule has 0 aliphatic heterocycles. The van der Waals surface area contributed by atoms with E-state index in [2.05, 4.69) is 30.8 Å². The Labute approximate surface area is 146 Å². The zero-order valence-corrected chi connectivity index (χ0v) is 16.8. The lowest BCUT2D eigenvalue weighted by Gasteiger charge is -2.33. The molecule has 0 radical (unpaired) electrons. The molecule has 6 heteroatoms. The average molecular weight is 355 g/mol. The van der Waals surface area contributed by atoms with E-state index in [1.54, 1.807) is 19.9 Å². The molecule has 0 saturated carbocycles. The molecule has 1 rings (SSSR count). The van der Waals surface area contributed by atoms with E-state index in [4.69, 9.17) is 0 Å². The van der Waals surface area contributed by atoms with Crippen LogP contribution in [0.25, 0.3) is 0 Å². The van der Waals surface area contributed by atoms with Gasteiger partial charge in [-0.05, 0) is 69.8 Å². The van der Waals surface area contributed by atoms with Crippen LogP contribution in [0.1, 0.15) is 62.5 Å². The van der Waals surface area contributed by atoms with E-state index in [0.29, 0.717) is 11.1 Å². The molecule has 5 nitrogen and oxygen atoms in total. The molecule has 0 heterocycles. The highest BCUT2D eigenvalue weighted by Crippen LogP contribution is 2.27. The van der Waals surface area contributed by atoms with Gasteiger partial charge < -0.3 is 5.32 Å². The molecule has 0 aliphatic carbocycles. The van der Waals surface area contributed by atoms with Crippen molar-refractivity contribution in [2.45, 2.75) is 65.3 Å². The first kappa shape index (κ1) is 20.6. The van der Waals surface area contributed by atoms with E-state index in [-0.39, 0.29) is 16.2 Å². The van der Waals surface area contributed by atoms with Crippen LogP contribution in [0.3, 0.4) is 0 Å². The van der Waals surface area contributed by atoms with Gasteiger partial charge in [-0.3, -0.25) is 4.79 Å². The van der Waals surface area contributed by atoms with Crippen molar-refractivity contribution in [3.05, 3.63) is 28.8 Å². The van der Waals surface area contributed by atoms with Gasteiger partial charge in [0.2, 0.25) is 10.0 Å². The molecular formula is C18H30N2O3S. The number of aryl methyl sites for hydroxylation is 1. The lowest BCUT2D eigenvalue weighted by Crippen LogP contribution is -2.45. The fourth-order valence-electron chi connectivity index (χ4n) is 3.10. The number of carbonyl (C=O) groups excluding carboxylic acids is 1. The third kappa shape index (κ3) is 5.31. The number of sulfonamides is 1. The normalized spacial score (nSPS) is 13.0. The predicted molar refractivity (Wildman–Crippen MR) is 97.8 cm³/mol. The monoisotopic (exact) mass is 354 g/mol. The van der Waals surface area contributed by atoms with Crippen LogP contribution in [-0.4, -0.2) is 26.9 Å². The highest BCUT2D eigenvalue weighted by molar-refractivity contribution is 7.89. The quantitative estimate of drug-likeness (QED) is 0.853. The van der Waals surface area contributed by atoms with Crippen LogP contribution in [0, 0.1) is 19.3 Å². The van der Waals surface area contributed by atoms with Crippen LogP contribution in [-0.2, 0) is 10.0 Å². The second kappa shape index (κ2) is 6.84. The number of hydrogen-bond acceptors (Lipinski definition) is 3. The molecule has 1 aromatic rings. The van der Waals surface area contributed by atoms with Crippen molar-refractivity contribution < 1.29 is 13.2 Å². The number of benzene rings is 1. The SMILES string of the molecule is CNS(=O)(=O)c1cc(C(=O)NC(C)(C)CC(C)(C)C)cc(C)c1C. The van der Waals surface area contributed by atoms with Gasteiger partial charge in [0.1, 0.15) is 0 Å². The second-order valence-corrected chi connectivity index (χ2v) is 10.1. The summed E-state index contributed by atoms with van der Waals surface area (Å²) in [4.78, 5) is 12.8. The fourth-order valence-corrected chi connectivity index (χ4v) is 4.16. The Morgan fingerprint density at radius 2 is 1.62 bits per heavy atom. The van der Waals surface area contributed by atoms with E-state index < -0.39 is 15.6 Å². The number of amides is 1. The summed E-state index contributed by atoms with van der Waals surface area (Å²) in [6.45, 7) is 13.9. The third-order valence-electron chi connectivity index (χ3n) is 3.86. The average Bonchev–Trinajstić information content (AvgIpc) is 2.37. The van der Waals surface area contributed by atoms with E-state index in [9.17, 15) is 13.2 Å². The molecule has 0 saturated heterocycles. The zero-order chi connectivity index (χ0) is 18.9. The van der Waals surface area contributed by atoms with Crippen LogP contribution in [0.5, 0.6) is 0 Å². The van der Waals surface area contributed by atoms with Gasteiger partial charge >= 0.3 is 0 Å². The Morgan fingerprint density at radius 3 is 2.08 bits per heavy atom. The van der Waals surface area contributed by atoms with Gasteiger partial charge in [0.25, 0.3) is 5.91 Å². The third-order valence-corrected chi connectivity index (χ3v) is 5.40. The first-order valence-electron chi connectivity index (χ1n) is 8.06. The maximum absolute atomic E-state index is 12.7. The maximum atomic E-state index is 12.7. The van der Waals surface area contributed by atoms with Crippen molar-refractivity contribution in [1.82, 2.24) is 10.0 Å².